The summed E-state index contributed by atoms with van der Waals surface area (Å²) in [7, 11) is 2.14. The van der Waals surface area contributed by atoms with Crippen LogP contribution in [0.25, 0.3) is 6.08 Å². The minimum atomic E-state index is -0.342. The largest absolute Gasteiger partial charge is 0.389 e. The molecule has 0 saturated carbocycles. The molecule has 2 nitrogen and oxygen atoms in total. The summed E-state index contributed by atoms with van der Waals surface area (Å²) in [5.41, 5.74) is 1.18. The van der Waals surface area contributed by atoms with E-state index in [1.165, 1.54) is 18.4 Å². The zero-order valence-electron chi connectivity index (χ0n) is 11.6. The second-order valence-electron chi connectivity index (χ2n) is 5.23. The van der Waals surface area contributed by atoms with Gasteiger partial charge < -0.3 is 10.0 Å². The Hall–Kier alpha value is -1.38. The standard InChI is InChI=1S/C17H23NO/c1-18-13-7-11-16(18)14-17(19)12-6-5-10-15-8-3-2-4-9-15/h2-6,8-10,12,16-17,19H,7,11,13-14H2,1H3/t16-,17-/m1/s1. The first-order chi connectivity index (χ1) is 9.25. The number of hydrogen-bond donors (Lipinski definition) is 1. The van der Waals surface area contributed by atoms with Gasteiger partial charge in [-0.15, -0.1) is 0 Å². The Morgan fingerprint density at radius 3 is 2.79 bits per heavy atom. The summed E-state index contributed by atoms with van der Waals surface area (Å²) >= 11 is 0. The number of benzene rings is 1. The van der Waals surface area contributed by atoms with Gasteiger partial charge >= 0.3 is 0 Å². The first-order valence-electron chi connectivity index (χ1n) is 7.04. The van der Waals surface area contributed by atoms with Gasteiger partial charge in [0.25, 0.3) is 0 Å². The molecule has 1 N–H and O–H groups in total. The third kappa shape index (κ3) is 4.66. The lowest BCUT2D eigenvalue weighted by Gasteiger charge is -2.20. The molecule has 1 aromatic rings. The molecule has 0 radical (unpaired) electrons. The Kier molecular flexibility index (Phi) is 5.37. The van der Waals surface area contributed by atoms with E-state index >= 15 is 0 Å². The Morgan fingerprint density at radius 2 is 2.11 bits per heavy atom. The molecule has 1 aliphatic rings. The molecule has 1 fully saturated rings. The molecule has 1 aliphatic heterocycles. The Labute approximate surface area is 116 Å². The van der Waals surface area contributed by atoms with Crippen LogP contribution in [0.5, 0.6) is 0 Å². The Bertz CT molecular complexity index is 424. The van der Waals surface area contributed by atoms with E-state index in [1.807, 2.05) is 42.5 Å². The van der Waals surface area contributed by atoms with Crippen molar-refractivity contribution in [2.75, 3.05) is 13.6 Å². The maximum absolute atomic E-state index is 9.98. The van der Waals surface area contributed by atoms with Gasteiger partial charge in [0.2, 0.25) is 0 Å². The Balaban J connectivity index is 1.77. The zero-order chi connectivity index (χ0) is 13.5. The first kappa shape index (κ1) is 14.0. The van der Waals surface area contributed by atoms with Crippen molar-refractivity contribution in [1.82, 2.24) is 4.90 Å². The van der Waals surface area contributed by atoms with Crippen LogP contribution in [0.3, 0.4) is 0 Å². The van der Waals surface area contributed by atoms with Crippen LogP contribution >= 0.6 is 0 Å². The van der Waals surface area contributed by atoms with Crippen molar-refractivity contribution >= 4 is 6.08 Å². The average Bonchev–Trinajstić information content (AvgIpc) is 2.82. The fraction of sp³-hybridized carbons (Fsp3) is 0.412. The fourth-order valence-corrected chi connectivity index (χ4v) is 2.56. The summed E-state index contributed by atoms with van der Waals surface area (Å²) in [6.45, 7) is 1.16. The summed E-state index contributed by atoms with van der Waals surface area (Å²) in [5, 5.41) is 9.98. The van der Waals surface area contributed by atoms with Crippen LogP contribution in [-0.4, -0.2) is 35.7 Å². The number of allylic oxidation sites excluding steroid dienone is 2. The molecule has 0 aliphatic carbocycles. The average molecular weight is 257 g/mol. The van der Waals surface area contributed by atoms with Crippen molar-refractivity contribution in [2.24, 2.45) is 0 Å². The molecule has 2 heteroatoms. The molecule has 1 saturated heterocycles. The van der Waals surface area contributed by atoms with E-state index in [4.69, 9.17) is 0 Å². The molecule has 0 bridgehead atoms. The van der Waals surface area contributed by atoms with Gasteiger partial charge in [-0.3, -0.25) is 0 Å². The molecule has 0 unspecified atom stereocenters. The lowest BCUT2D eigenvalue weighted by Crippen LogP contribution is -2.28. The van der Waals surface area contributed by atoms with Gasteiger partial charge in [-0.25, -0.2) is 0 Å². The van der Waals surface area contributed by atoms with Crippen LogP contribution in [0.15, 0.2) is 48.6 Å². The molecule has 1 aromatic carbocycles. The van der Waals surface area contributed by atoms with Crippen LogP contribution < -0.4 is 0 Å². The number of rotatable bonds is 5. The van der Waals surface area contributed by atoms with Crippen LogP contribution in [-0.2, 0) is 0 Å². The topological polar surface area (TPSA) is 23.5 Å². The second-order valence-corrected chi connectivity index (χ2v) is 5.23. The molecule has 2 atom stereocenters. The Morgan fingerprint density at radius 1 is 1.32 bits per heavy atom. The number of hydrogen-bond acceptors (Lipinski definition) is 2. The van der Waals surface area contributed by atoms with Gasteiger partial charge in [-0.05, 0) is 38.4 Å². The van der Waals surface area contributed by atoms with Crippen LogP contribution in [0.2, 0.25) is 0 Å². The molecule has 0 spiro atoms. The van der Waals surface area contributed by atoms with Gasteiger partial charge in [-0.1, -0.05) is 54.6 Å². The number of nitrogens with zero attached hydrogens (tertiary/aromatic N) is 1. The van der Waals surface area contributed by atoms with Crippen molar-refractivity contribution in [3.05, 3.63) is 54.1 Å². The smallest absolute Gasteiger partial charge is 0.0738 e. The van der Waals surface area contributed by atoms with E-state index in [1.54, 1.807) is 0 Å². The highest BCUT2D eigenvalue weighted by atomic mass is 16.3. The van der Waals surface area contributed by atoms with Gasteiger partial charge in [-0.2, -0.15) is 0 Å². The quantitative estimate of drug-likeness (QED) is 0.819. The van der Waals surface area contributed by atoms with Crippen molar-refractivity contribution in [2.45, 2.75) is 31.4 Å². The van der Waals surface area contributed by atoms with E-state index in [0.717, 1.165) is 13.0 Å². The highest BCUT2D eigenvalue weighted by Gasteiger charge is 2.22. The van der Waals surface area contributed by atoms with Crippen LogP contribution in [0.4, 0.5) is 0 Å². The maximum Gasteiger partial charge on any atom is 0.0738 e. The maximum atomic E-state index is 9.98. The van der Waals surface area contributed by atoms with Crippen molar-refractivity contribution in [3.8, 4) is 0 Å². The third-order valence-electron chi connectivity index (χ3n) is 3.72. The highest BCUT2D eigenvalue weighted by Crippen LogP contribution is 2.19. The van der Waals surface area contributed by atoms with Crippen LogP contribution in [0.1, 0.15) is 24.8 Å². The normalized spacial score (nSPS) is 22.5. The number of aliphatic hydroxyl groups excluding tert-OH is 1. The molecule has 2 rings (SSSR count). The lowest BCUT2D eigenvalue weighted by molar-refractivity contribution is 0.166. The van der Waals surface area contributed by atoms with E-state index in [2.05, 4.69) is 24.1 Å². The van der Waals surface area contributed by atoms with E-state index < -0.39 is 0 Å². The minimum Gasteiger partial charge on any atom is -0.389 e. The third-order valence-corrected chi connectivity index (χ3v) is 3.72. The first-order valence-corrected chi connectivity index (χ1v) is 7.04. The van der Waals surface area contributed by atoms with Crippen LogP contribution in [0, 0.1) is 0 Å². The summed E-state index contributed by atoms with van der Waals surface area (Å²) in [4.78, 5) is 2.34. The predicted octanol–water partition coefficient (Wildman–Crippen LogP) is 3.10. The van der Waals surface area contributed by atoms with E-state index in [-0.39, 0.29) is 6.10 Å². The zero-order valence-corrected chi connectivity index (χ0v) is 11.6. The van der Waals surface area contributed by atoms with Gasteiger partial charge in [0.05, 0.1) is 6.10 Å². The van der Waals surface area contributed by atoms with Gasteiger partial charge in [0.1, 0.15) is 0 Å². The molecular formula is C17H23NO. The molecule has 0 aromatic heterocycles. The van der Waals surface area contributed by atoms with Gasteiger partial charge in [0.15, 0.2) is 0 Å². The molecule has 0 amide bonds. The van der Waals surface area contributed by atoms with Crippen molar-refractivity contribution < 1.29 is 5.11 Å². The lowest BCUT2D eigenvalue weighted by atomic mass is 10.1. The second kappa shape index (κ2) is 7.27. The predicted molar refractivity (Wildman–Crippen MR) is 80.9 cm³/mol. The summed E-state index contributed by atoms with van der Waals surface area (Å²) < 4.78 is 0. The van der Waals surface area contributed by atoms with Gasteiger partial charge in [0, 0.05) is 6.04 Å². The number of likely N-dealkylation sites (tertiary alicyclic amines) is 1. The summed E-state index contributed by atoms with van der Waals surface area (Å²) in [6, 6.07) is 10.7. The van der Waals surface area contributed by atoms with E-state index in [9.17, 15) is 5.11 Å². The fourth-order valence-electron chi connectivity index (χ4n) is 2.56. The molecule has 1 heterocycles. The molecule has 102 valence electrons. The minimum absolute atomic E-state index is 0.342. The summed E-state index contributed by atoms with van der Waals surface area (Å²) in [5.74, 6) is 0. The van der Waals surface area contributed by atoms with E-state index in [0.29, 0.717) is 6.04 Å². The summed E-state index contributed by atoms with van der Waals surface area (Å²) in [6.07, 6.45) is 10.8. The monoisotopic (exact) mass is 257 g/mol. The number of aliphatic hydroxyl groups is 1. The van der Waals surface area contributed by atoms with Crippen molar-refractivity contribution in [3.63, 3.8) is 0 Å². The SMILES string of the molecule is CN1CCC[C@@H]1C[C@H](O)C=CC=Cc1ccccc1. The highest BCUT2D eigenvalue weighted by molar-refractivity contribution is 5.50. The molecular weight excluding hydrogens is 234 g/mol. The molecule has 19 heavy (non-hydrogen) atoms. The van der Waals surface area contributed by atoms with Crippen molar-refractivity contribution in [1.29, 1.82) is 0 Å².